The van der Waals surface area contributed by atoms with Crippen LogP contribution in [0.5, 0.6) is 5.75 Å². The minimum atomic E-state index is 0.351. The number of fused-ring (bicyclic) bond motifs is 1. The number of aryl methyl sites for hydroxylation is 1. The van der Waals surface area contributed by atoms with Gasteiger partial charge in [-0.3, -0.25) is 4.84 Å². The van der Waals surface area contributed by atoms with Crippen LogP contribution in [0.1, 0.15) is 5.56 Å². The van der Waals surface area contributed by atoms with Crippen molar-refractivity contribution in [1.82, 2.24) is 4.57 Å². The fourth-order valence-corrected chi connectivity index (χ4v) is 1.73. The largest absolute Gasteiger partial charge is 0.496 e. The molecule has 4 nitrogen and oxygen atoms in total. The highest BCUT2D eigenvalue weighted by Gasteiger charge is 2.07. The fraction of sp³-hybridized carbons (Fsp3) is 0.273. The van der Waals surface area contributed by atoms with Crippen LogP contribution in [0, 0.1) is 0 Å². The monoisotopic (exact) mass is 206 g/mol. The molecule has 1 aromatic heterocycles. The average molecular weight is 206 g/mol. The highest BCUT2D eigenvalue weighted by molar-refractivity contribution is 5.82. The summed E-state index contributed by atoms with van der Waals surface area (Å²) in [6.07, 6.45) is 2.01. The standard InChI is InChI=1S/C11H14N2O2/c1-13-4-3-8-6-11(14-2)9(7-15-12)5-10(8)13/h3-6H,7,12H2,1-2H3. The molecule has 0 aliphatic carbocycles. The molecule has 2 rings (SSSR count). The molecular weight excluding hydrogens is 192 g/mol. The summed E-state index contributed by atoms with van der Waals surface area (Å²) in [5.74, 6) is 5.88. The van der Waals surface area contributed by atoms with E-state index in [9.17, 15) is 0 Å². The summed E-state index contributed by atoms with van der Waals surface area (Å²) in [6.45, 7) is 0.351. The Labute approximate surface area is 88.1 Å². The number of hydrogen-bond donors (Lipinski definition) is 1. The van der Waals surface area contributed by atoms with Crippen LogP contribution >= 0.6 is 0 Å². The second kappa shape index (κ2) is 3.92. The van der Waals surface area contributed by atoms with Crippen LogP contribution in [-0.2, 0) is 18.5 Å². The van der Waals surface area contributed by atoms with E-state index in [0.29, 0.717) is 6.61 Å². The Morgan fingerprint density at radius 1 is 1.40 bits per heavy atom. The van der Waals surface area contributed by atoms with Crippen LogP contribution in [0.2, 0.25) is 0 Å². The topological polar surface area (TPSA) is 49.4 Å². The number of methoxy groups -OCH3 is 1. The Bertz CT molecular complexity index is 477. The molecule has 0 bridgehead atoms. The van der Waals surface area contributed by atoms with Crippen molar-refractivity contribution in [2.24, 2.45) is 12.9 Å². The van der Waals surface area contributed by atoms with Gasteiger partial charge in [0.2, 0.25) is 0 Å². The maximum atomic E-state index is 5.27. The van der Waals surface area contributed by atoms with Gasteiger partial charge in [-0.05, 0) is 18.2 Å². The van der Waals surface area contributed by atoms with Gasteiger partial charge in [-0.2, -0.15) is 0 Å². The zero-order valence-electron chi connectivity index (χ0n) is 8.86. The van der Waals surface area contributed by atoms with Crippen LogP contribution < -0.4 is 10.6 Å². The van der Waals surface area contributed by atoms with Gasteiger partial charge in [-0.25, -0.2) is 5.90 Å². The molecule has 0 unspecified atom stereocenters. The maximum Gasteiger partial charge on any atom is 0.125 e. The molecule has 15 heavy (non-hydrogen) atoms. The van der Waals surface area contributed by atoms with Crippen molar-refractivity contribution < 1.29 is 9.57 Å². The summed E-state index contributed by atoms with van der Waals surface area (Å²) in [5, 5.41) is 1.15. The molecule has 1 aromatic carbocycles. The van der Waals surface area contributed by atoms with E-state index >= 15 is 0 Å². The predicted molar refractivity (Wildman–Crippen MR) is 58.4 cm³/mol. The van der Waals surface area contributed by atoms with Crippen molar-refractivity contribution in [3.8, 4) is 5.75 Å². The lowest BCUT2D eigenvalue weighted by atomic mass is 10.1. The van der Waals surface area contributed by atoms with E-state index in [4.69, 9.17) is 10.6 Å². The van der Waals surface area contributed by atoms with Crippen molar-refractivity contribution in [3.63, 3.8) is 0 Å². The van der Waals surface area contributed by atoms with Crippen LogP contribution in [-0.4, -0.2) is 11.7 Å². The molecule has 4 heteroatoms. The van der Waals surface area contributed by atoms with Gasteiger partial charge >= 0.3 is 0 Å². The first kappa shape index (κ1) is 10.0. The molecule has 0 aliphatic rings. The van der Waals surface area contributed by atoms with Gasteiger partial charge in [0.15, 0.2) is 0 Å². The van der Waals surface area contributed by atoms with Gasteiger partial charge in [0.05, 0.1) is 13.7 Å². The maximum absolute atomic E-state index is 5.27. The smallest absolute Gasteiger partial charge is 0.125 e. The molecule has 1 heterocycles. The molecule has 0 spiro atoms. The third-order valence-corrected chi connectivity index (χ3v) is 2.53. The van der Waals surface area contributed by atoms with E-state index in [1.807, 2.05) is 31.4 Å². The first-order chi connectivity index (χ1) is 7.26. The molecule has 0 radical (unpaired) electrons. The number of rotatable bonds is 3. The Morgan fingerprint density at radius 3 is 2.87 bits per heavy atom. The van der Waals surface area contributed by atoms with Gasteiger partial charge in [-0.15, -0.1) is 0 Å². The molecule has 0 amide bonds. The summed E-state index contributed by atoms with van der Waals surface area (Å²) in [7, 11) is 3.64. The quantitative estimate of drug-likeness (QED) is 0.775. The Hall–Kier alpha value is -1.52. The zero-order chi connectivity index (χ0) is 10.8. The number of nitrogens with two attached hydrogens (primary N) is 1. The molecule has 0 saturated heterocycles. The first-order valence-corrected chi connectivity index (χ1v) is 4.70. The van der Waals surface area contributed by atoms with Gasteiger partial charge < -0.3 is 9.30 Å². The first-order valence-electron chi connectivity index (χ1n) is 4.70. The molecular formula is C11H14N2O2. The Kier molecular flexibility index (Phi) is 2.62. The van der Waals surface area contributed by atoms with E-state index in [1.54, 1.807) is 7.11 Å². The van der Waals surface area contributed by atoms with E-state index in [2.05, 4.69) is 9.40 Å². The van der Waals surface area contributed by atoms with Crippen molar-refractivity contribution >= 4 is 10.9 Å². The third-order valence-electron chi connectivity index (χ3n) is 2.53. The molecule has 80 valence electrons. The normalized spacial score (nSPS) is 10.9. The van der Waals surface area contributed by atoms with Crippen LogP contribution in [0.4, 0.5) is 0 Å². The summed E-state index contributed by atoms with van der Waals surface area (Å²) >= 11 is 0. The van der Waals surface area contributed by atoms with Crippen LogP contribution in [0.3, 0.4) is 0 Å². The highest BCUT2D eigenvalue weighted by atomic mass is 16.6. The minimum Gasteiger partial charge on any atom is -0.496 e. The molecule has 0 fully saturated rings. The zero-order valence-corrected chi connectivity index (χ0v) is 8.86. The van der Waals surface area contributed by atoms with Crippen molar-refractivity contribution in [1.29, 1.82) is 0 Å². The lowest BCUT2D eigenvalue weighted by Gasteiger charge is -2.08. The molecule has 2 aromatic rings. The van der Waals surface area contributed by atoms with Crippen LogP contribution in [0.15, 0.2) is 24.4 Å². The fourth-order valence-electron chi connectivity index (χ4n) is 1.73. The van der Waals surface area contributed by atoms with E-state index in [-0.39, 0.29) is 0 Å². The van der Waals surface area contributed by atoms with Gasteiger partial charge in [0.1, 0.15) is 5.75 Å². The van der Waals surface area contributed by atoms with Gasteiger partial charge in [0.25, 0.3) is 0 Å². The second-order valence-electron chi connectivity index (χ2n) is 3.46. The Balaban J connectivity index is 2.60. The third kappa shape index (κ3) is 1.69. The van der Waals surface area contributed by atoms with E-state index in [1.165, 1.54) is 0 Å². The summed E-state index contributed by atoms with van der Waals surface area (Å²) in [4.78, 5) is 4.65. The average Bonchev–Trinajstić information content (AvgIpc) is 2.60. The van der Waals surface area contributed by atoms with E-state index in [0.717, 1.165) is 22.2 Å². The number of nitrogens with zero attached hydrogens (tertiary/aromatic N) is 1. The van der Waals surface area contributed by atoms with Gasteiger partial charge in [0, 0.05) is 29.7 Å². The minimum absolute atomic E-state index is 0.351. The number of hydrogen-bond acceptors (Lipinski definition) is 3. The van der Waals surface area contributed by atoms with Gasteiger partial charge in [-0.1, -0.05) is 0 Å². The highest BCUT2D eigenvalue weighted by Crippen LogP contribution is 2.26. The molecule has 0 aliphatic heterocycles. The SMILES string of the molecule is COc1cc2ccn(C)c2cc1CON. The lowest BCUT2D eigenvalue weighted by Crippen LogP contribution is -2.01. The number of benzene rings is 1. The summed E-state index contributed by atoms with van der Waals surface area (Å²) in [6, 6.07) is 6.07. The van der Waals surface area contributed by atoms with Crippen molar-refractivity contribution in [3.05, 3.63) is 30.0 Å². The number of aromatic nitrogens is 1. The molecule has 2 N–H and O–H groups in total. The van der Waals surface area contributed by atoms with Crippen molar-refractivity contribution in [2.75, 3.05) is 7.11 Å². The molecule has 0 atom stereocenters. The van der Waals surface area contributed by atoms with E-state index < -0.39 is 0 Å². The lowest BCUT2D eigenvalue weighted by molar-refractivity contribution is 0.122. The summed E-state index contributed by atoms with van der Waals surface area (Å²) in [5.41, 5.74) is 2.09. The van der Waals surface area contributed by atoms with Crippen molar-refractivity contribution in [2.45, 2.75) is 6.61 Å². The second-order valence-corrected chi connectivity index (χ2v) is 3.46. The number of ether oxygens (including phenoxy) is 1. The Morgan fingerprint density at radius 2 is 2.20 bits per heavy atom. The molecule has 0 saturated carbocycles. The predicted octanol–water partition coefficient (Wildman–Crippen LogP) is 1.58. The summed E-state index contributed by atoms with van der Waals surface area (Å²) < 4.78 is 7.32. The van der Waals surface area contributed by atoms with Crippen LogP contribution in [0.25, 0.3) is 10.9 Å².